The van der Waals surface area contributed by atoms with Crippen LogP contribution in [-0.2, 0) is 4.74 Å². The lowest BCUT2D eigenvalue weighted by atomic mass is 10.2. The van der Waals surface area contributed by atoms with Crippen LogP contribution in [0.5, 0.6) is 11.5 Å². The van der Waals surface area contributed by atoms with Crippen molar-refractivity contribution < 1.29 is 19.0 Å². The number of benzene rings is 1. The lowest BCUT2D eigenvalue weighted by Gasteiger charge is -2.07. The maximum absolute atomic E-state index is 11.7. The molecule has 1 unspecified atom stereocenters. The molecule has 0 saturated heterocycles. The summed E-state index contributed by atoms with van der Waals surface area (Å²) in [6.45, 7) is 2.68. The van der Waals surface area contributed by atoms with E-state index < -0.39 is 0 Å². The standard InChI is InChI=1S/C14H15NO4S/c1-2-17-14(16)12-6-8-5-9-10(7-11(8)20-12)19-13(18-9)3-4-15/h5-7,13H,2-4,15H2,1H3. The van der Waals surface area contributed by atoms with Crippen LogP contribution in [0.4, 0.5) is 0 Å². The predicted octanol–water partition coefficient (Wildman–Crippen LogP) is 2.52. The van der Waals surface area contributed by atoms with E-state index in [2.05, 4.69) is 0 Å². The topological polar surface area (TPSA) is 70.8 Å². The van der Waals surface area contributed by atoms with Crippen molar-refractivity contribution in [3.8, 4) is 11.5 Å². The molecule has 0 spiro atoms. The van der Waals surface area contributed by atoms with Gasteiger partial charge < -0.3 is 19.9 Å². The second kappa shape index (κ2) is 5.30. The Labute approximate surface area is 120 Å². The maximum Gasteiger partial charge on any atom is 0.348 e. The van der Waals surface area contributed by atoms with Crippen LogP contribution in [0.2, 0.25) is 0 Å². The highest BCUT2D eigenvalue weighted by atomic mass is 32.1. The van der Waals surface area contributed by atoms with E-state index in [0.29, 0.717) is 35.9 Å². The first-order valence-corrected chi connectivity index (χ1v) is 7.31. The molecule has 0 saturated carbocycles. The largest absolute Gasteiger partial charge is 0.462 e. The minimum Gasteiger partial charge on any atom is -0.462 e. The predicted molar refractivity (Wildman–Crippen MR) is 76.5 cm³/mol. The molecule has 1 aliphatic heterocycles. The fraction of sp³-hybridized carbons (Fsp3) is 0.357. The first-order chi connectivity index (χ1) is 9.71. The molecule has 6 heteroatoms. The van der Waals surface area contributed by atoms with Crippen LogP contribution in [0.3, 0.4) is 0 Å². The highest BCUT2D eigenvalue weighted by molar-refractivity contribution is 7.20. The summed E-state index contributed by atoms with van der Waals surface area (Å²) < 4.78 is 17.3. The summed E-state index contributed by atoms with van der Waals surface area (Å²) in [5.74, 6) is 1.11. The van der Waals surface area contributed by atoms with Gasteiger partial charge in [0.15, 0.2) is 11.5 Å². The highest BCUT2D eigenvalue weighted by Gasteiger charge is 2.25. The first-order valence-electron chi connectivity index (χ1n) is 6.49. The molecule has 2 heterocycles. The zero-order valence-corrected chi connectivity index (χ0v) is 11.9. The summed E-state index contributed by atoms with van der Waals surface area (Å²) in [4.78, 5) is 12.3. The molecular weight excluding hydrogens is 278 g/mol. The number of fused-ring (bicyclic) bond motifs is 2. The van der Waals surface area contributed by atoms with E-state index in [0.717, 1.165) is 10.1 Å². The Bertz CT molecular complexity index is 609. The van der Waals surface area contributed by atoms with Gasteiger partial charge in [0.1, 0.15) is 4.88 Å². The van der Waals surface area contributed by atoms with Gasteiger partial charge in [0.05, 0.1) is 6.61 Å². The fourth-order valence-electron chi connectivity index (χ4n) is 2.10. The third-order valence-corrected chi connectivity index (χ3v) is 4.06. The fourth-order valence-corrected chi connectivity index (χ4v) is 3.06. The van der Waals surface area contributed by atoms with Crippen molar-refractivity contribution in [2.75, 3.05) is 13.2 Å². The third kappa shape index (κ3) is 2.32. The molecule has 0 bridgehead atoms. The number of carbonyl (C=O) groups is 1. The third-order valence-electron chi connectivity index (χ3n) is 2.98. The Morgan fingerprint density at radius 3 is 2.80 bits per heavy atom. The van der Waals surface area contributed by atoms with Crippen molar-refractivity contribution in [3.63, 3.8) is 0 Å². The van der Waals surface area contributed by atoms with Crippen molar-refractivity contribution in [3.05, 3.63) is 23.1 Å². The molecule has 0 aliphatic carbocycles. The second-order valence-electron chi connectivity index (χ2n) is 4.41. The summed E-state index contributed by atoms with van der Waals surface area (Å²) in [5, 5.41) is 0.953. The van der Waals surface area contributed by atoms with Crippen LogP contribution in [0.15, 0.2) is 18.2 Å². The number of rotatable bonds is 4. The van der Waals surface area contributed by atoms with E-state index in [1.54, 1.807) is 6.92 Å². The SMILES string of the molecule is CCOC(=O)c1cc2cc3c(cc2s1)OC(CCN)O3. The average molecular weight is 293 g/mol. The molecule has 0 radical (unpaired) electrons. The van der Waals surface area contributed by atoms with Crippen LogP contribution in [-0.4, -0.2) is 25.4 Å². The molecule has 1 aromatic carbocycles. The number of hydrogen-bond donors (Lipinski definition) is 1. The summed E-state index contributed by atoms with van der Waals surface area (Å²) in [6.07, 6.45) is 0.340. The molecule has 5 nitrogen and oxygen atoms in total. The zero-order chi connectivity index (χ0) is 14.1. The molecule has 2 N–H and O–H groups in total. The number of esters is 1. The van der Waals surface area contributed by atoms with Crippen molar-refractivity contribution in [1.82, 2.24) is 0 Å². The molecule has 20 heavy (non-hydrogen) atoms. The smallest absolute Gasteiger partial charge is 0.348 e. The molecule has 106 valence electrons. The number of carbonyl (C=O) groups excluding carboxylic acids is 1. The van der Waals surface area contributed by atoms with Crippen molar-refractivity contribution >= 4 is 27.4 Å². The van der Waals surface area contributed by atoms with Crippen molar-refractivity contribution in [2.45, 2.75) is 19.6 Å². The van der Waals surface area contributed by atoms with Crippen molar-refractivity contribution in [2.24, 2.45) is 5.73 Å². The number of thiophene rings is 1. The van der Waals surface area contributed by atoms with Crippen molar-refractivity contribution in [1.29, 1.82) is 0 Å². The molecule has 3 rings (SSSR count). The van der Waals surface area contributed by atoms with Gasteiger partial charge in [-0.05, 0) is 31.0 Å². The lowest BCUT2D eigenvalue weighted by molar-refractivity contribution is 0.0442. The van der Waals surface area contributed by atoms with Crippen LogP contribution in [0.25, 0.3) is 10.1 Å². The van der Waals surface area contributed by atoms with E-state index in [1.807, 2.05) is 18.2 Å². The van der Waals surface area contributed by atoms with Gasteiger partial charge in [0.2, 0.25) is 6.29 Å². The monoisotopic (exact) mass is 293 g/mol. The minimum absolute atomic E-state index is 0.295. The first kappa shape index (κ1) is 13.2. The van der Waals surface area contributed by atoms with E-state index in [1.165, 1.54) is 11.3 Å². The number of ether oxygens (including phenoxy) is 3. The highest BCUT2D eigenvalue weighted by Crippen LogP contribution is 2.41. The number of nitrogens with two attached hydrogens (primary N) is 1. The minimum atomic E-state index is -0.309. The van der Waals surface area contributed by atoms with Gasteiger partial charge in [0.25, 0.3) is 0 Å². The summed E-state index contributed by atoms with van der Waals surface area (Å²) in [6, 6.07) is 5.60. The lowest BCUT2D eigenvalue weighted by Crippen LogP contribution is -2.21. The Morgan fingerprint density at radius 1 is 1.35 bits per heavy atom. The Hall–Kier alpha value is -1.79. The van der Waals surface area contributed by atoms with E-state index >= 15 is 0 Å². The van der Waals surface area contributed by atoms with E-state index in [9.17, 15) is 4.79 Å². The molecule has 1 aromatic heterocycles. The second-order valence-corrected chi connectivity index (χ2v) is 5.49. The summed E-state index contributed by atoms with van der Waals surface area (Å²) >= 11 is 1.39. The van der Waals surface area contributed by atoms with E-state index in [-0.39, 0.29) is 12.3 Å². The molecule has 1 atom stereocenters. The van der Waals surface area contributed by atoms with E-state index in [4.69, 9.17) is 19.9 Å². The maximum atomic E-state index is 11.7. The number of hydrogen-bond acceptors (Lipinski definition) is 6. The molecule has 0 amide bonds. The zero-order valence-electron chi connectivity index (χ0n) is 11.0. The average Bonchev–Trinajstić information content (AvgIpc) is 2.98. The molecule has 1 aliphatic rings. The Morgan fingerprint density at radius 2 is 2.10 bits per heavy atom. The van der Waals surface area contributed by atoms with Crippen LogP contribution in [0, 0.1) is 0 Å². The Balaban J connectivity index is 1.90. The Kier molecular flexibility index (Phi) is 3.50. The summed E-state index contributed by atoms with van der Waals surface area (Å²) in [5.41, 5.74) is 5.50. The molecule has 2 aromatic rings. The van der Waals surface area contributed by atoms with Crippen LogP contribution >= 0.6 is 11.3 Å². The van der Waals surface area contributed by atoms with Crippen LogP contribution < -0.4 is 15.2 Å². The quantitative estimate of drug-likeness (QED) is 0.877. The van der Waals surface area contributed by atoms with Gasteiger partial charge in [-0.1, -0.05) is 0 Å². The van der Waals surface area contributed by atoms with Crippen LogP contribution in [0.1, 0.15) is 23.0 Å². The van der Waals surface area contributed by atoms with Gasteiger partial charge in [-0.15, -0.1) is 11.3 Å². The van der Waals surface area contributed by atoms with Gasteiger partial charge >= 0.3 is 5.97 Å². The summed E-state index contributed by atoms with van der Waals surface area (Å²) in [7, 11) is 0. The van der Waals surface area contributed by atoms with Gasteiger partial charge in [0, 0.05) is 17.2 Å². The van der Waals surface area contributed by atoms with Gasteiger partial charge in [-0.3, -0.25) is 0 Å². The normalized spacial score (nSPS) is 16.6. The van der Waals surface area contributed by atoms with Gasteiger partial charge in [-0.2, -0.15) is 0 Å². The molecular formula is C14H15NO4S. The molecule has 0 fully saturated rings. The van der Waals surface area contributed by atoms with Gasteiger partial charge in [-0.25, -0.2) is 4.79 Å².